The first-order chi connectivity index (χ1) is 9.29. The van der Waals surface area contributed by atoms with Gasteiger partial charge in [-0.2, -0.15) is 0 Å². The molecule has 1 unspecified atom stereocenters. The van der Waals surface area contributed by atoms with Crippen molar-refractivity contribution in [2.45, 2.75) is 69.4 Å². The minimum atomic E-state index is 0.636. The van der Waals surface area contributed by atoms with E-state index in [1.165, 1.54) is 32.4 Å². The van der Waals surface area contributed by atoms with Crippen LogP contribution in [-0.2, 0) is 0 Å². The van der Waals surface area contributed by atoms with Crippen LogP contribution in [0.25, 0.3) is 0 Å². The summed E-state index contributed by atoms with van der Waals surface area (Å²) >= 11 is 0. The molecule has 1 aliphatic heterocycles. The molecule has 0 aromatic rings. The molecule has 5 rings (SSSR count). The van der Waals surface area contributed by atoms with Crippen LogP contribution in [0.4, 0.5) is 0 Å². The lowest BCUT2D eigenvalue weighted by molar-refractivity contribution is -0.112. The van der Waals surface area contributed by atoms with E-state index in [-0.39, 0.29) is 0 Å². The van der Waals surface area contributed by atoms with Crippen molar-refractivity contribution in [1.29, 1.82) is 0 Å². The van der Waals surface area contributed by atoms with Crippen molar-refractivity contribution >= 4 is 0 Å². The highest BCUT2D eigenvalue weighted by molar-refractivity contribution is 5.09. The molecule has 1 saturated heterocycles. The lowest BCUT2D eigenvalue weighted by atomic mass is 9.52. The maximum Gasteiger partial charge on any atom is 0.0226 e. The van der Waals surface area contributed by atoms with Gasteiger partial charge in [0.25, 0.3) is 0 Å². The van der Waals surface area contributed by atoms with Crippen molar-refractivity contribution in [3.63, 3.8) is 0 Å². The van der Waals surface area contributed by atoms with E-state index in [2.05, 4.69) is 17.3 Å². The first-order valence-corrected chi connectivity index (χ1v) is 8.70. The van der Waals surface area contributed by atoms with Crippen LogP contribution < -0.4 is 5.32 Å². The third-order valence-electron chi connectivity index (χ3n) is 6.68. The van der Waals surface area contributed by atoms with E-state index < -0.39 is 0 Å². The number of hydrogen-bond acceptors (Lipinski definition) is 2. The quantitative estimate of drug-likeness (QED) is 0.841. The molecule has 0 radical (unpaired) electrons. The van der Waals surface area contributed by atoms with Crippen LogP contribution in [-0.4, -0.2) is 36.6 Å². The van der Waals surface area contributed by atoms with Crippen molar-refractivity contribution < 1.29 is 0 Å². The summed E-state index contributed by atoms with van der Waals surface area (Å²) in [6.07, 6.45) is 13.7. The summed E-state index contributed by atoms with van der Waals surface area (Å²) in [7, 11) is 2.13. The number of nitrogens with zero attached hydrogens (tertiary/aromatic N) is 1. The van der Waals surface area contributed by atoms with Crippen molar-refractivity contribution in [2.75, 3.05) is 20.1 Å². The van der Waals surface area contributed by atoms with E-state index in [0.29, 0.717) is 5.54 Å². The first kappa shape index (κ1) is 12.6. The van der Waals surface area contributed by atoms with Crippen LogP contribution >= 0.6 is 0 Å². The largest absolute Gasteiger partial charge is 0.318 e. The molecule has 5 fully saturated rings. The zero-order valence-electron chi connectivity index (χ0n) is 12.5. The molecule has 5 aliphatic rings. The molecule has 1 heterocycles. The van der Waals surface area contributed by atoms with Gasteiger partial charge in [-0.15, -0.1) is 0 Å². The fourth-order valence-electron chi connectivity index (χ4n) is 6.49. The normalized spacial score (nSPS) is 49.7. The number of hydrogen-bond donors (Lipinski definition) is 1. The predicted molar refractivity (Wildman–Crippen MR) is 79.2 cm³/mol. The molecule has 0 aromatic heterocycles. The predicted octanol–water partition coefficient (Wildman–Crippen LogP) is 3.03. The average Bonchev–Trinajstić information content (AvgIpc) is 2.38. The lowest BCUT2D eigenvalue weighted by Gasteiger charge is -2.62. The molecule has 1 N–H and O–H groups in total. The molecule has 4 saturated carbocycles. The molecule has 0 spiro atoms. The standard InChI is InChI=1S/C17H30N2/c1-18-12-16-4-2-3-5-19(16)17-9-13-6-14(10-17)8-15(7-13)11-17/h13-16,18H,2-12H2,1H3. The molecule has 19 heavy (non-hydrogen) atoms. The third-order valence-corrected chi connectivity index (χ3v) is 6.68. The highest BCUT2D eigenvalue weighted by Crippen LogP contribution is 2.58. The number of likely N-dealkylation sites (N-methyl/N-ethyl adjacent to an activating group) is 1. The van der Waals surface area contributed by atoms with Gasteiger partial charge in [0.2, 0.25) is 0 Å². The third kappa shape index (κ3) is 2.06. The van der Waals surface area contributed by atoms with Crippen LogP contribution in [0, 0.1) is 17.8 Å². The molecule has 0 aromatic carbocycles. The maximum absolute atomic E-state index is 3.46. The summed E-state index contributed by atoms with van der Waals surface area (Å²) in [6.45, 7) is 2.60. The van der Waals surface area contributed by atoms with E-state index >= 15 is 0 Å². The summed E-state index contributed by atoms with van der Waals surface area (Å²) in [6, 6.07) is 0.829. The van der Waals surface area contributed by atoms with E-state index in [9.17, 15) is 0 Å². The van der Waals surface area contributed by atoms with Crippen molar-refractivity contribution in [2.24, 2.45) is 17.8 Å². The Morgan fingerprint density at radius 2 is 1.63 bits per heavy atom. The van der Waals surface area contributed by atoms with Crippen molar-refractivity contribution in [3.05, 3.63) is 0 Å². The van der Waals surface area contributed by atoms with Crippen LogP contribution in [0.3, 0.4) is 0 Å². The van der Waals surface area contributed by atoms with Crippen LogP contribution in [0.1, 0.15) is 57.8 Å². The second kappa shape index (κ2) is 4.73. The highest BCUT2D eigenvalue weighted by Gasteiger charge is 2.54. The van der Waals surface area contributed by atoms with Crippen LogP contribution in [0.15, 0.2) is 0 Å². The lowest BCUT2D eigenvalue weighted by Crippen LogP contribution is -2.64. The Hall–Kier alpha value is -0.0800. The molecule has 1 atom stereocenters. The van der Waals surface area contributed by atoms with Gasteiger partial charge in [-0.1, -0.05) is 6.42 Å². The Kier molecular flexibility index (Phi) is 3.15. The van der Waals surface area contributed by atoms with Gasteiger partial charge >= 0.3 is 0 Å². The average molecular weight is 262 g/mol. The maximum atomic E-state index is 3.46. The highest BCUT2D eigenvalue weighted by atomic mass is 15.3. The van der Waals surface area contributed by atoms with E-state index in [4.69, 9.17) is 0 Å². The summed E-state index contributed by atoms with van der Waals surface area (Å²) in [5.74, 6) is 3.26. The molecule has 0 amide bonds. The van der Waals surface area contributed by atoms with Gasteiger partial charge in [-0.25, -0.2) is 0 Å². The molecule has 108 valence electrons. The van der Waals surface area contributed by atoms with Crippen LogP contribution in [0.2, 0.25) is 0 Å². The molecule has 2 nitrogen and oxygen atoms in total. The van der Waals surface area contributed by atoms with Gasteiger partial charge in [-0.3, -0.25) is 4.90 Å². The second-order valence-electron chi connectivity index (χ2n) is 8.04. The fraction of sp³-hybridized carbons (Fsp3) is 1.00. The van der Waals surface area contributed by atoms with Crippen molar-refractivity contribution in [1.82, 2.24) is 10.2 Å². The van der Waals surface area contributed by atoms with E-state index in [1.807, 2.05) is 0 Å². The van der Waals surface area contributed by atoms with E-state index in [0.717, 1.165) is 23.8 Å². The van der Waals surface area contributed by atoms with Gasteiger partial charge in [0.15, 0.2) is 0 Å². The van der Waals surface area contributed by atoms with Gasteiger partial charge in [-0.05, 0) is 82.7 Å². The first-order valence-electron chi connectivity index (χ1n) is 8.70. The van der Waals surface area contributed by atoms with Gasteiger partial charge < -0.3 is 5.32 Å². The second-order valence-corrected chi connectivity index (χ2v) is 8.04. The van der Waals surface area contributed by atoms with Gasteiger partial charge in [0, 0.05) is 18.1 Å². The number of nitrogens with one attached hydrogen (secondary N) is 1. The monoisotopic (exact) mass is 262 g/mol. The Morgan fingerprint density at radius 1 is 1.00 bits per heavy atom. The minimum absolute atomic E-state index is 0.636. The number of piperidine rings is 1. The molecular formula is C17H30N2. The summed E-state index contributed by atoms with van der Waals surface area (Å²) < 4.78 is 0. The van der Waals surface area contributed by atoms with Gasteiger partial charge in [0.1, 0.15) is 0 Å². The Morgan fingerprint density at radius 3 is 2.21 bits per heavy atom. The zero-order valence-corrected chi connectivity index (χ0v) is 12.5. The van der Waals surface area contributed by atoms with Crippen LogP contribution in [0.5, 0.6) is 0 Å². The van der Waals surface area contributed by atoms with Gasteiger partial charge in [0.05, 0.1) is 0 Å². The Labute approximate surface area is 118 Å². The Bertz CT molecular complexity index is 301. The molecule has 4 aliphatic carbocycles. The molecule has 4 bridgehead atoms. The summed E-state index contributed by atoms with van der Waals surface area (Å²) in [5.41, 5.74) is 0.636. The fourth-order valence-corrected chi connectivity index (χ4v) is 6.49. The molecule has 2 heteroatoms. The smallest absolute Gasteiger partial charge is 0.0226 e. The van der Waals surface area contributed by atoms with E-state index in [1.54, 1.807) is 38.5 Å². The number of rotatable bonds is 3. The summed E-state index contributed by atoms with van der Waals surface area (Å²) in [5, 5.41) is 3.46. The Balaban J connectivity index is 1.59. The summed E-state index contributed by atoms with van der Waals surface area (Å²) in [4.78, 5) is 3.00. The minimum Gasteiger partial charge on any atom is -0.318 e. The van der Waals surface area contributed by atoms with Crippen molar-refractivity contribution in [3.8, 4) is 0 Å². The zero-order chi connectivity index (χ0) is 12.9. The number of likely N-dealkylation sites (tertiary alicyclic amines) is 1. The molecular weight excluding hydrogens is 232 g/mol. The topological polar surface area (TPSA) is 15.3 Å². The SMILES string of the molecule is CNCC1CCCCN1C12CC3CC(CC(C3)C1)C2.